The van der Waals surface area contributed by atoms with Crippen molar-refractivity contribution < 1.29 is 27.1 Å². The first-order valence-electron chi connectivity index (χ1n) is 6.10. The van der Waals surface area contributed by atoms with Crippen molar-refractivity contribution in [2.45, 2.75) is 39.7 Å². The van der Waals surface area contributed by atoms with Crippen LogP contribution in [0.4, 0.5) is 17.6 Å². The predicted molar refractivity (Wildman–Crippen MR) is 66.4 cm³/mol. The molecule has 0 fully saturated rings. The Labute approximate surface area is 114 Å². The van der Waals surface area contributed by atoms with E-state index in [0.717, 1.165) is 12.1 Å². The smallest absolute Gasteiger partial charge is 0.428 e. The molecule has 6 heteroatoms. The zero-order chi connectivity index (χ0) is 15.6. The summed E-state index contributed by atoms with van der Waals surface area (Å²) in [5.41, 5.74) is -0.250. The van der Waals surface area contributed by atoms with Crippen LogP contribution in [0.25, 0.3) is 0 Å². The van der Waals surface area contributed by atoms with Crippen molar-refractivity contribution in [2.24, 2.45) is 5.41 Å². The van der Waals surface area contributed by atoms with Crippen molar-refractivity contribution in [1.82, 2.24) is 0 Å². The molecule has 2 nitrogen and oxygen atoms in total. The summed E-state index contributed by atoms with van der Waals surface area (Å²) in [6.45, 7) is 5.40. The van der Waals surface area contributed by atoms with Crippen molar-refractivity contribution >= 4 is 5.78 Å². The summed E-state index contributed by atoms with van der Waals surface area (Å²) in [7, 11) is 0. The van der Waals surface area contributed by atoms with Crippen molar-refractivity contribution in [3.05, 3.63) is 29.8 Å². The van der Waals surface area contributed by atoms with Crippen LogP contribution in [0.15, 0.2) is 24.3 Å². The van der Waals surface area contributed by atoms with E-state index in [1.165, 1.54) is 12.1 Å². The number of benzene rings is 1. The van der Waals surface area contributed by atoms with Crippen molar-refractivity contribution in [3.8, 4) is 5.75 Å². The minimum atomic E-state index is -4.55. The summed E-state index contributed by atoms with van der Waals surface area (Å²) < 4.78 is 53.3. The van der Waals surface area contributed by atoms with Crippen LogP contribution in [-0.4, -0.2) is 18.3 Å². The first-order chi connectivity index (χ1) is 9.10. The Morgan fingerprint density at radius 2 is 1.70 bits per heavy atom. The highest BCUT2D eigenvalue weighted by atomic mass is 19.3. The van der Waals surface area contributed by atoms with Crippen LogP contribution in [-0.2, 0) is 0 Å². The van der Waals surface area contributed by atoms with Gasteiger partial charge >= 0.3 is 12.5 Å². The first kappa shape index (κ1) is 16.5. The molecule has 0 saturated heterocycles. The number of halogens is 4. The predicted octanol–water partition coefficient (Wildman–Crippen LogP) is 4.54. The van der Waals surface area contributed by atoms with E-state index in [1.807, 2.05) is 6.92 Å². The largest absolute Gasteiger partial charge is 0.461 e. The van der Waals surface area contributed by atoms with E-state index in [9.17, 15) is 22.4 Å². The molecule has 0 heterocycles. The molecule has 0 aliphatic heterocycles. The van der Waals surface area contributed by atoms with E-state index < -0.39 is 23.7 Å². The molecule has 0 N–H and O–H groups in total. The first-order valence-corrected chi connectivity index (χ1v) is 6.10. The van der Waals surface area contributed by atoms with Gasteiger partial charge in [0.25, 0.3) is 0 Å². The van der Waals surface area contributed by atoms with E-state index in [1.54, 1.807) is 13.8 Å². The van der Waals surface area contributed by atoms with Gasteiger partial charge in [-0.1, -0.05) is 20.8 Å². The number of Topliss-reactive ketones (excluding diaryl/α,β-unsaturated/α-hetero) is 1. The third-order valence-electron chi connectivity index (χ3n) is 3.12. The van der Waals surface area contributed by atoms with Crippen molar-refractivity contribution in [2.75, 3.05) is 0 Å². The number of ether oxygens (including phenoxy) is 1. The molecule has 0 saturated carbocycles. The molecule has 0 spiro atoms. The molecule has 0 unspecified atom stereocenters. The van der Waals surface area contributed by atoms with E-state index in [4.69, 9.17) is 0 Å². The lowest BCUT2D eigenvalue weighted by molar-refractivity contribution is -0.253. The second kappa shape index (κ2) is 5.81. The Balaban J connectivity index is 2.88. The average molecular weight is 292 g/mol. The van der Waals surface area contributed by atoms with Gasteiger partial charge in [-0.25, -0.2) is 0 Å². The normalized spacial score (nSPS) is 12.6. The second-order valence-electron chi connectivity index (χ2n) is 5.06. The maximum absolute atomic E-state index is 12.7. The lowest BCUT2D eigenvalue weighted by Gasteiger charge is -2.21. The van der Waals surface area contributed by atoms with E-state index in [2.05, 4.69) is 4.74 Å². The van der Waals surface area contributed by atoms with Gasteiger partial charge in [0, 0.05) is 11.0 Å². The van der Waals surface area contributed by atoms with Crippen LogP contribution in [0, 0.1) is 5.41 Å². The van der Waals surface area contributed by atoms with Crippen LogP contribution in [0.1, 0.15) is 37.6 Å². The fourth-order valence-corrected chi connectivity index (χ4v) is 1.43. The van der Waals surface area contributed by atoms with E-state index in [0.29, 0.717) is 12.0 Å². The molecule has 0 aromatic heterocycles. The van der Waals surface area contributed by atoms with E-state index in [-0.39, 0.29) is 5.78 Å². The van der Waals surface area contributed by atoms with Gasteiger partial charge in [0.05, 0.1) is 0 Å². The molecular weight excluding hydrogens is 276 g/mol. The van der Waals surface area contributed by atoms with Gasteiger partial charge in [0.1, 0.15) is 5.75 Å². The Hall–Kier alpha value is -1.59. The highest BCUT2D eigenvalue weighted by molar-refractivity contribution is 6.00. The number of carbonyl (C=O) groups is 1. The number of carbonyl (C=O) groups excluding carboxylic acids is 1. The molecule has 0 radical (unpaired) electrons. The molecule has 0 aliphatic carbocycles. The number of hydrogen-bond donors (Lipinski definition) is 0. The molecule has 0 aliphatic rings. The summed E-state index contributed by atoms with van der Waals surface area (Å²) in [5, 5.41) is 0. The molecule has 112 valence electrons. The van der Waals surface area contributed by atoms with Crippen LogP contribution in [0.2, 0.25) is 0 Å². The fraction of sp³-hybridized carbons (Fsp3) is 0.500. The number of rotatable bonds is 6. The molecule has 1 aromatic rings. The van der Waals surface area contributed by atoms with Crippen molar-refractivity contribution in [1.29, 1.82) is 0 Å². The molecule has 0 amide bonds. The van der Waals surface area contributed by atoms with Gasteiger partial charge in [-0.2, -0.15) is 17.6 Å². The van der Waals surface area contributed by atoms with Gasteiger partial charge in [0.15, 0.2) is 5.78 Å². The minimum Gasteiger partial charge on any atom is -0.428 e. The average Bonchev–Trinajstić information content (AvgIpc) is 2.38. The van der Waals surface area contributed by atoms with Gasteiger partial charge < -0.3 is 4.74 Å². The SMILES string of the molecule is CCC(C)(C)C(=O)c1ccc(OC(F)(F)C(F)F)cc1. The summed E-state index contributed by atoms with van der Waals surface area (Å²) in [5.74, 6) is -0.562. The zero-order valence-corrected chi connectivity index (χ0v) is 11.4. The van der Waals surface area contributed by atoms with Gasteiger partial charge in [-0.3, -0.25) is 4.79 Å². The second-order valence-corrected chi connectivity index (χ2v) is 5.06. The van der Waals surface area contributed by atoms with Gasteiger partial charge in [-0.15, -0.1) is 0 Å². The summed E-state index contributed by atoms with van der Waals surface area (Å²) in [6.07, 6.45) is -7.84. The topological polar surface area (TPSA) is 26.3 Å². The Kier molecular flexibility index (Phi) is 4.78. The van der Waals surface area contributed by atoms with E-state index >= 15 is 0 Å². The van der Waals surface area contributed by atoms with Crippen LogP contribution < -0.4 is 4.74 Å². The number of alkyl halides is 4. The molecule has 1 aromatic carbocycles. The number of ketones is 1. The lowest BCUT2D eigenvalue weighted by Crippen LogP contribution is -2.33. The summed E-state index contributed by atoms with van der Waals surface area (Å²) >= 11 is 0. The standard InChI is InChI=1S/C14H16F4O2/c1-4-13(2,3)11(19)9-5-7-10(8-6-9)20-14(17,18)12(15)16/h5-8,12H,4H2,1-3H3. The molecule has 20 heavy (non-hydrogen) atoms. The zero-order valence-electron chi connectivity index (χ0n) is 11.4. The van der Waals surface area contributed by atoms with Gasteiger partial charge in [0.2, 0.25) is 0 Å². The van der Waals surface area contributed by atoms with Gasteiger partial charge in [-0.05, 0) is 30.7 Å². The highest BCUT2D eigenvalue weighted by Crippen LogP contribution is 2.29. The Bertz CT molecular complexity index is 467. The quantitative estimate of drug-likeness (QED) is 0.568. The van der Waals surface area contributed by atoms with Crippen LogP contribution >= 0.6 is 0 Å². The number of hydrogen-bond acceptors (Lipinski definition) is 2. The monoisotopic (exact) mass is 292 g/mol. The third kappa shape index (κ3) is 3.71. The summed E-state index contributed by atoms with van der Waals surface area (Å²) in [4.78, 5) is 12.1. The minimum absolute atomic E-state index is 0.146. The maximum atomic E-state index is 12.7. The molecular formula is C14H16F4O2. The molecule has 0 atom stereocenters. The summed E-state index contributed by atoms with van der Waals surface area (Å²) in [6, 6.07) is 4.73. The fourth-order valence-electron chi connectivity index (χ4n) is 1.43. The lowest BCUT2D eigenvalue weighted by atomic mass is 9.82. The Morgan fingerprint density at radius 3 is 2.10 bits per heavy atom. The molecule has 0 bridgehead atoms. The highest BCUT2D eigenvalue weighted by Gasteiger charge is 2.44. The van der Waals surface area contributed by atoms with Crippen LogP contribution in [0.5, 0.6) is 5.75 Å². The van der Waals surface area contributed by atoms with Crippen molar-refractivity contribution in [3.63, 3.8) is 0 Å². The third-order valence-corrected chi connectivity index (χ3v) is 3.12. The maximum Gasteiger partial charge on any atom is 0.461 e. The Morgan fingerprint density at radius 1 is 1.20 bits per heavy atom. The molecule has 1 rings (SSSR count). The van der Waals surface area contributed by atoms with Crippen LogP contribution in [0.3, 0.4) is 0 Å².